The summed E-state index contributed by atoms with van der Waals surface area (Å²) in [4.78, 5) is 30.1. The van der Waals surface area contributed by atoms with Crippen LogP contribution < -0.4 is 16.0 Å². The summed E-state index contributed by atoms with van der Waals surface area (Å²) in [5.41, 5.74) is 7.29. The first-order chi connectivity index (χ1) is 12.5. The molecule has 2 heterocycles. The van der Waals surface area contributed by atoms with E-state index >= 15 is 0 Å². The third-order valence-corrected chi connectivity index (χ3v) is 5.18. The zero-order valence-electron chi connectivity index (χ0n) is 13.9. The number of carbonyl (C=O) groups is 2. The van der Waals surface area contributed by atoms with Crippen molar-refractivity contribution < 1.29 is 9.59 Å². The van der Waals surface area contributed by atoms with Gasteiger partial charge in [-0.25, -0.2) is 4.98 Å². The fourth-order valence-corrected chi connectivity index (χ4v) is 3.55. The summed E-state index contributed by atoms with van der Waals surface area (Å²) in [6, 6.07) is 9.19. The van der Waals surface area contributed by atoms with E-state index in [0.29, 0.717) is 41.7 Å². The van der Waals surface area contributed by atoms with Crippen molar-refractivity contribution in [2.45, 2.75) is 12.8 Å². The second-order valence-electron chi connectivity index (χ2n) is 6.13. The largest absolute Gasteiger partial charge is 0.370 e. The van der Waals surface area contributed by atoms with Crippen molar-refractivity contribution in [1.82, 2.24) is 4.98 Å². The SMILES string of the molecule is NC(=O)C1CCN(c2ccccc2NC(=O)c2cc(Br)cnc2Cl)CC1. The van der Waals surface area contributed by atoms with Crippen LogP contribution in [0.15, 0.2) is 41.0 Å². The van der Waals surface area contributed by atoms with E-state index in [0.717, 1.165) is 5.69 Å². The lowest BCUT2D eigenvalue weighted by Crippen LogP contribution is -2.38. The van der Waals surface area contributed by atoms with Gasteiger partial charge in [0.1, 0.15) is 5.15 Å². The van der Waals surface area contributed by atoms with Gasteiger partial charge < -0.3 is 16.0 Å². The Bertz CT molecular complexity index is 838. The standard InChI is InChI=1S/C18H18BrClN4O2/c19-12-9-13(16(20)22-10-12)18(26)23-14-3-1-2-4-15(14)24-7-5-11(6-8-24)17(21)25/h1-4,9-11H,5-8H2,(H2,21,25)(H,23,26). The number of hydrogen-bond donors (Lipinski definition) is 2. The molecule has 0 unspecified atom stereocenters. The number of nitrogens with one attached hydrogen (secondary N) is 1. The molecule has 26 heavy (non-hydrogen) atoms. The molecule has 1 aliphatic heterocycles. The van der Waals surface area contributed by atoms with Crippen LogP contribution in [0.1, 0.15) is 23.2 Å². The Balaban J connectivity index is 1.79. The number of amides is 2. The molecule has 2 aromatic rings. The highest BCUT2D eigenvalue weighted by atomic mass is 79.9. The first kappa shape index (κ1) is 18.7. The van der Waals surface area contributed by atoms with Crippen molar-refractivity contribution in [2.24, 2.45) is 11.7 Å². The minimum atomic E-state index is -0.330. The lowest BCUT2D eigenvalue weighted by Gasteiger charge is -2.33. The number of anilines is 2. The number of rotatable bonds is 4. The first-order valence-electron chi connectivity index (χ1n) is 8.21. The highest BCUT2D eigenvalue weighted by Crippen LogP contribution is 2.30. The molecule has 3 N–H and O–H groups in total. The van der Waals surface area contributed by atoms with Gasteiger partial charge in [-0.2, -0.15) is 0 Å². The van der Waals surface area contributed by atoms with Crippen LogP contribution in [-0.2, 0) is 4.79 Å². The maximum Gasteiger partial charge on any atom is 0.258 e. The summed E-state index contributed by atoms with van der Waals surface area (Å²) in [6.45, 7) is 1.42. The van der Waals surface area contributed by atoms with Crippen molar-refractivity contribution in [1.29, 1.82) is 0 Å². The van der Waals surface area contributed by atoms with Crippen LogP contribution in [0.4, 0.5) is 11.4 Å². The number of benzene rings is 1. The number of hydrogen-bond acceptors (Lipinski definition) is 4. The summed E-state index contributed by atoms with van der Waals surface area (Å²) in [5, 5.41) is 3.05. The molecule has 0 spiro atoms. The molecular weight excluding hydrogens is 420 g/mol. The van der Waals surface area contributed by atoms with E-state index in [2.05, 4.69) is 31.1 Å². The van der Waals surface area contributed by atoms with Crippen LogP contribution in [0.2, 0.25) is 5.15 Å². The molecule has 8 heteroatoms. The molecule has 0 bridgehead atoms. The Kier molecular flexibility index (Phi) is 5.78. The fourth-order valence-electron chi connectivity index (χ4n) is 3.03. The number of piperidine rings is 1. The predicted octanol–water partition coefficient (Wildman–Crippen LogP) is 3.45. The molecule has 1 aliphatic rings. The second-order valence-corrected chi connectivity index (χ2v) is 7.40. The van der Waals surface area contributed by atoms with Gasteiger partial charge in [0.2, 0.25) is 5.91 Å². The van der Waals surface area contributed by atoms with Gasteiger partial charge in [-0.3, -0.25) is 9.59 Å². The molecule has 3 rings (SSSR count). The average Bonchev–Trinajstić information content (AvgIpc) is 2.64. The average molecular weight is 438 g/mol. The number of para-hydroxylation sites is 2. The van der Waals surface area contributed by atoms with Gasteiger partial charge in [0.05, 0.1) is 16.9 Å². The quantitative estimate of drug-likeness (QED) is 0.717. The molecule has 0 radical (unpaired) electrons. The van der Waals surface area contributed by atoms with E-state index in [1.807, 2.05) is 24.3 Å². The minimum absolute atomic E-state index is 0.0837. The normalized spacial score (nSPS) is 14.9. The van der Waals surface area contributed by atoms with E-state index in [1.165, 1.54) is 6.20 Å². The summed E-state index contributed by atoms with van der Waals surface area (Å²) in [7, 11) is 0. The molecule has 1 aromatic carbocycles. The second kappa shape index (κ2) is 8.05. The van der Waals surface area contributed by atoms with Gasteiger partial charge in [-0.05, 0) is 47.0 Å². The number of halogens is 2. The van der Waals surface area contributed by atoms with Gasteiger partial charge >= 0.3 is 0 Å². The summed E-state index contributed by atoms with van der Waals surface area (Å²) < 4.78 is 0.675. The van der Waals surface area contributed by atoms with Gasteiger partial charge in [0, 0.05) is 29.7 Å². The van der Waals surface area contributed by atoms with Crippen molar-refractivity contribution in [3.8, 4) is 0 Å². The Morgan fingerprint density at radius 2 is 1.96 bits per heavy atom. The monoisotopic (exact) mass is 436 g/mol. The Morgan fingerprint density at radius 3 is 2.65 bits per heavy atom. The number of aromatic nitrogens is 1. The lowest BCUT2D eigenvalue weighted by atomic mass is 9.96. The van der Waals surface area contributed by atoms with Crippen LogP contribution in [0, 0.1) is 5.92 Å². The molecule has 2 amide bonds. The maximum absolute atomic E-state index is 12.6. The first-order valence-corrected chi connectivity index (χ1v) is 9.38. The van der Waals surface area contributed by atoms with Crippen LogP contribution in [0.3, 0.4) is 0 Å². The zero-order valence-corrected chi connectivity index (χ0v) is 16.3. The summed E-state index contributed by atoms with van der Waals surface area (Å²) in [5.74, 6) is -0.661. The van der Waals surface area contributed by atoms with E-state index in [-0.39, 0.29) is 22.9 Å². The third kappa shape index (κ3) is 4.16. The van der Waals surface area contributed by atoms with Crippen LogP contribution in [0.25, 0.3) is 0 Å². The minimum Gasteiger partial charge on any atom is -0.370 e. The van der Waals surface area contributed by atoms with Gasteiger partial charge in [0.25, 0.3) is 5.91 Å². The molecule has 0 atom stereocenters. The van der Waals surface area contributed by atoms with Crippen molar-refractivity contribution in [2.75, 3.05) is 23.3 Å². The van der Waals surface area contributed by atoms with Crippen LogP contribution >= 0.6 is 27.5 Å². The van der Waals surface area contributed by atoms with Crippen molar-refractivity contribution in [3.05, 3.63) is 51.7 Å². The molecule has 6 nitrogen and oxygen atoms in total. The van der Waals surface area contributed by atoms with E-state index in [4.69, 9.17) is 17.3 Å². The lowest BCUT2D eigenvalue weighted by molar-refractivity contribution is -0.122. The van der Waals surface area contributed by atoms with Gasteiger partial charge in [-0.15, -0.1) is 0 Å². The molecule has 0 saturated carbocycles. The van der Waals surface area contributed by atoms with E-state index in [1.54, 1.807) is 6.07 Å². The van der Waals surface area contributed by atoms with Crippen LogP contribution in [-0.4, -0.2) is 29.9 Å². The van der Waals surface area contributed by atoms with Crippen LogP contribution in [0.5, 0.6) is 0 Å². The Morgan fingerprint density at radius 1 is 1.27 bits per heavy atom. The molecule has 1 saturated heterocycles. The van der Waals surface area contributed by atoms with E-state index < -0.39 is 0 Å². The third-order valence-electron chi connectivity index (χ3n) is 4.44. The zero-order chi connectivity index (χ0) is 18.7. The maximum atomic E-state index is 12.6. The molecule has 0 aliphatic carbocycles. The summed E-state index contributed by atoms with van der Waals surface area (Å²) in [6.07, 6.45) is 2.95. The molecule has 1 aromatic heterocycles. The van der Waals surface area contributed by atoms with Crippen molar-refractivity contribution in [3.63, 3.8) is 0 Å². The highest BCUT2D eigenvalue weighted by molar-refractivity contribution is 9.10. The van der Waals surface area contributed by atoms with Gasteiger partial charge in [0.15, 0.2) is 0 Å². The molecule has 136 valence electrons. The molecular formula is C18H18BrClN4O2. The Labute approximate surface area is 164 Å². The number of primary amides is 1. The smallest absolute Gasteiger partial charge is 0.258 e. The van der Waals surface area contributed by atoms with Crippen molar-refractivity contribution >= 4 is 50.7 Å². The number of pyridine rings is 1. The Hall–Kier alpha value is -2.12. The number of nitrogens with two attached hydrogens (primary N) is 1. The molecule has 1 fully saturated rings. The fraction of sp³-hybridized carbons (Fsp3) is 0.278. The highest BCUT2D eigenvalue weighted by Gasteiger charge is 2.25. The van der Waals surface area contributed by atoms with E-state index in [9.17, 15) is 9.59 Å². The topological polar surface area (TPSA) is 88.3 Å². The predicted molar refractivity (Wildman–Crippen MR) is 105 cm³/mol. The summed E-state index contributed by atoms with van der Waals surface area (Å²) >= 11 is 9.34. The number of carbonyl (C=O) groups excluding carboxylic acids is 2. The number of nitrogens with zero attached hydrogens (tertiary/aromatic N) is 2. The van der Waals surface area contributed by atoms with Gasteiger partial charge in [-0.1, -0.05) is 23.7 Å².